The molecule has 90 valence electrons. The quantitative estimate of drug-likeness (QED) is 0.838. The fourth-order valence-corrected chi connectivity index (χ4v) is 3.51. The van der Waals surface area contributed by atoms with E-state index in [0.29, 0.717) is 16.3 Å². The zero-order chi connectivity index (χ0) is 12.2. The summed E-state index contributed by atoms with van der Waals surface area (Å²) in [6.45, 7) is -0.0902. The molecule has 0 bridgehead atoms. The molecular weight excluding hydrogens is 268 g/mol. The monoisotopic (exact) mass is 280 g/mol. The Bertz CT molecular complexity index is 457. The predicted molar refractivity (Wildman–Crippen MR) is 67.8 cm³/mol. The smallest absolute Gasteiger partial charge is 0.148 e. The van der Waals surface area contributed by atoms with Gasteiger partial charge in [0.15, 0.2) is 0 Å². The average Bonchev–Trinajstić information content (AvgIpc) is 2.16. The summed E-state index contributed by atoms with van der Waals surface area (Å²) in [5, 5.41) is 9.43. The first-order valence-corrected chi connectivity index (χ1v) is 8.04. The molecule has 6 heteroatoms. The molecule has 0 saturated carbocycles. The summed E-state index contributed by atoms with van der Waals surface area (Å²) in [5.41, 5.74) is 0.675. The predicted octanol–water partition coefficient (Wildman–Crippen LogP) is 1.97. The van der Waals surface area contributed by atoms with Gasteiger partial charge in [-0.3, -0.25) is 0 Å². The Balaban J connectivity index is 2.59. The van der Waals surface area contributed by atoms with Gasteiger partial charge in [0.1, 0.15) is 9.84 Å². The SMILES string of the molecule is CS(=O)(=O)CCSc1ccc(CO)c(Cl)c1. The summed E-state index contributed by atoms with van der Waals surface area (Å²) in [6, 6.07) is 5.30. The van der Waals surface area contributed by atoms with Gasteiger partial charge >= 0.3 is 0 Å². The number of hydrogen-bond donors (Lipinski definition) is 1. The Morgan fingerprint density at radius 1 is 1.44 bits per heavy atom. The summed E-state index contributed by atoms with van der Waals surface area (Å²) in [4.78, 5) is 0.908. The van der Waals surface area contributed by atoms with Crippen molar-refractivity contribution in [2.75, 3.05) is 17.8 Å². The zero-order valence-electron chi connectivity index (χ0n) is 8.81. The highest BCUT2D eigenvalue weighted by Gasteiger charge is 2.04. The normalized spacial score (nSPS) is 11.7. The van der Waals surface area contributed by atoms with Crippen LogP contribution in [-0.4, -0.2) is 31.3 Å². The summed E-state index contributed by atoms with van der Waals surface area (Å²) in [5.74, 6) is 0.657. The van der Waals surface area contributed by atoms with Crippen molar-refractivity contribution < 1.29 is 13.5 Å². The molecule has 0 aromatic heterocycles. The van der Waals surface area contributed by atoms with E-state index in [1.54, 1.807) is 12.1 Å². The second-order valence-corrected chi connectivity index (χ2v) is 7.22. The second kappa shape index (κ2) is 5.91. The lowest BCUT2D eigenvalue weighted by molar-refractivity contribution is 0.282. The topological polar surface area (TPSA) is 54.4 Å². The van der Waals surface area contributed by atoms with Crippen LogP contribution in [0.1, 0.15) is 5.56 Å². The number of aliphatic hydroxyl groups is 1. The zero-order valence-corrected chi connectivity index (χ0v) is 11.2. The standard InChI is InChI=1S/C10H13ClO3S2/c1-16(13,14)5-4-15-9-3-2-8(7-12)10(11)6-9/h2-3,6,12H,4-5,7H2,1H3. The first kappa shape index (κ1) is 13.8. The molecule has 0 unspecified atom stereocenters. The maximum atomic E-state index is 10.9. The maximum absolute atomic E-state index is 10.9. The van der Waals surface area contributed by atoms with Crippen molar-refractivity contribution in [3.63, 3.8) is 0 Å². The summed E-state index contributed by atoms with van der Waals surface area (Å²) in [7, 11) is -2.91. The van der Waals surface area contributed by atoms with Crippen LogP contribution in [0.5, 0.6) is 0 Å². The number of hydrogen-bond acceptors (Lipinski definition) is 4. The Kier molecular flexibility index (Phi) is 5.11. The third kappa shape index (κ3) is 4.74. The summed E-state index contributed by atoms with van der Waals surface area (Å²) >= 11 is 7.34. The maximum Gasteiger partial charge on any atom is 0.148 e. The Morgan fingerprint density at radius 2 is 2.12 bits per heavy atom. The molecule has 0 spiro atoms. The van der Waals surface area contributed by atoms with Crippen LogP contribution in [0.3, 0.4) is 0 Å². The minimum atomic E-state index is -2.91. The molecule has 0 radical (unpaired) electrons. The van der Waals surface area contributed by atoms with Gasteiger partial charge in [0.05, 0.1) is 12.4 Å². The van der Waals surface area contributed by atoms with E-state index < -0.39 is 9.84 Å². The molecule has 0 atom stereocenters. The molecule has 1 aromatic rings. The number of halogens is 1. The number of sulfone groups is 1. The molecule has 0 aliphatic rings. The molecule has 1 rings (SSSR count). The molecule has 0 aliphatic heterocycles. The van der Waals surface area contributed by atoms with E-state index in [9.17, 15) is 8.42 Å². The van der Waals surface area contributed by atoms with Crippen molar-refractivity contribution in [2.24, 2.45) is 0 Å². The van der Waals surface area contributed by atoms with Gasteiger partial charge < -0.3 is 5.11 Å². The van der Waals surface area contributed by atoms with E-state index in [4.69, 9.17) is 16.7 Å². The van der Waals surface area contributed by atoms with E-state index in [1.807, 2.05) is 6.07 Å². The number of aliphatic hydroxyl groups excluding tert-OH is 1. The van der Waals surface area contributed by atoms with E-state index in [2.05, 4.69) is 0 Å². The summed E-state index contributed by atoms with van der Waals surface area (Å²) in [6.07, 6.45) is 1.22. The molecule has 0 saturated heterocycles. The van der Waals surface area contributed by atoms with Gasteiger partial charge in [0, 0.05) is 21.9 Å². The minimum absolute atomic E-state index is 0.0902. The fourth-order valence-electron chi connectivity index (χ4n) is 1.06. The van der Waals surface area contributed by atoms with Crippen molar-refractivity contribution in [1.29, 1.82) is 0 Å². The van der Waals surface area contributed by atoms with E-state index in [1.165, 1.54) is 18.0 Å². The lowest BCUT2D eigenvalue weighted by atomic mass is 10.2. The van der Waals surface area contributed by atoms with Crippen LogP contribution in [0.25, 0.3) is 0 Å². The van der Waals surface area contributed by atoms with E-state index in [-0.39, 0.29) is 12.4 Å². The van der Waals surface area contributed by atoms with Gasteiger partial charge in [-0.15, -0.1) is 11.8 Å². The van der Waals surface area contributed by atoms with Gasteiger partial charge in [0.2, 0.25) is 0 Å². The molecular formula is C10H13ClO3S2. The van der Waals surface area contributed by atoms with Crippen LogP contribution in [0.2, 0.25) is 5.02 Å². The largest absolute Gasteiger partial charge is 0.392 e. The van der Waals surface area contributed by atoms with Gasteiger partial charge in [0.25, 0.3) is 0 Å². The van der Waals surface area contributed by atoms with Crippen molar-refractivity contribution in [2.45, 2.75) is 11.5 Å². The van der Waals surface area contributed by atoms with Gasteiger partial charge in [-0.2, -0.15) is 0 Å². The lowest BCUT2D eigenvalue weighted by Crippen LogP contribution is -2.04. The molecule has 1 N–H and O–H groups in total. The van der Waals surface area contributed by atoms with Crippen LogP contribution in [0.15, 0.2) is 23.1 Å². The summed E-state index contributed by atoms with van der Waals surface area (Å²) < 4.78 is 21.8. The molecule has 0 amide bonds. The fraction of sp³-hybridized carbons (Fsp3) is 0.400. The molecule has 0 fully saturated rings. The van der Waals surface area contributed by atoms with Crippen molar-refractivity contribution in [1.82, 2.24) is 0 Å². The van der Waals surface area contributed by atoms with Crippen LogP contribution < -0.4 is 0 Å². The van der Waals surface area contributed by atoms with E-state index >= 15 is 0 Å². The molecule has 1 aromatic carbocycles. The van der Waals surface area contributed by atoms with Crippen LogP contribution in [-0.2, 0) is 16.4 Å². The second-order valence-electron chi connectivity index (χ2n) is 3.39. The third-order valence-electron chi connectivity index (χ3n) is 1.92. The van der Waals surface area contributed by atoms with Crippen molar-refractivity contribution in [3.8, 4) is 0 Å². The van der Waals surface area contributed by atoms with Crippen LogP contribution in [0, 0.1) is 0 Å². The van der Waals surface area contributed by atoms with E-state index in [0.717, 1.165) is 4.90 Å². The van der Waals surface area contributed by atoms with Gasteiger partial charge in [-0.1, -0.05) is 17.7 Å². The third-order valence-corrected chi connectivity index (χ3v) is 4.47. The molecule has 0 heterocycles. The highest BCUT2D eigenvalue weighted by atomic mass is 35.5. The first-order valence-electron chi connectivity index (χ1n) is 4.62. The molecule has 3 nitrogen and oxygen atoms in total. The number of rotatable bonds is 5. The van der Waals surface area contributed by atoms with Gasteiger partial charge in [-0.25, -0.2) is 8.42 Å². The number of thioether (sulfide) groups is 1. The highest BCUT2D eigenvalue weighted by Crippen LogP contribution is 2.25. The minimum Gasteiger partial charge on any atom is -0.392 e. The number of benzene rings is 1. The molecule has 16 heavy (non-hydrogen) atoms. The average molecular weight is 281 g/mol. The Labute approximate surface area is 105 Å². The lowest BCUT2D eigenvalue weighted by Gasteiger charge is -2.04. The molecule has 0 aliphatic carbocycles. The Hall–Kier alpha value is -0.230. The van der Waals surface area contributed by atoms with Crippen molar-refractivity contribution in [3.05, 3.63) is 28.8 Å². The highest BCUT2D eigenvalue weighted by molar-refractivity contribution is 8.00. The van der Waals surface area contributed by atoms with Crippen LogP contribution >= 0.6 is 23.4 Å². The van der Waals surface area contributed by atoms with Crippen LogP contribution in [0.4, 0.5) is 0 Å². The Morgan fingerprint density at radius 3 is 2.62 bits per heavy atom. The van der Waals surface area contributed by atoms with Crippen molar-refractivity contribution >= 4 is 33.2 Å². The van der Waals surface area contributed by atoms with Gasteiger partial charge in [-0.05, 0) is 17.7 Å². The first-order chi connectivity index (χ1) is 7.42.